The molecule has 0 aliphatic carbocycles. The van der Waals surface area contributed by atoms with Crippen molar-refractivity contribution in [1.29, 1.82) is 0 Å². The fourth-order valence-corrected chi connectivity index (χ4v) is 3.28. The first kappa shape index (κ1) is 26.9. The van der Waals surface area contributed by atoms with Crippen LogP contribution < -0.4 is 5.32 Å². The van der Waals surface area contributed by atoms with E-state index in [-0.39, 0.29) is 5.78 Å². The minimum absolute atomic E-state index is 0.0878. The zero-order valence-corrected chi connectivity index (χ0v) is 19.4. The molecule has 0 heterocycles. The van der Waals surface area contributed by atoms with Crippen molar-refractivity contribution in [3.63, 3.8) is 0 Å². The summed E-state index contributed by atoms with van der Waals surface area (Å²) in [6, 6.07) is -0.475. The van der Waals surface area contributed by atoms with E-state index in [2.05, 4.69) is 12.2 Å². The van der Waals surface area contributed by atoms with Crippen molar-refractivity contribution in [2.45, 2.75) is 143 Å². The number of ether oxygens (including phenoxy) is 1. The van der Waals surface area contributed by atoms with Gasteiger partial charge in [0.1, 0.15) is 5.60 Å². The fraction of sp³-hybridized carbons (Fsp3) is 0.917. The second kappa shape index (κ2) is 16.9. The van der Waals surface area contributed by atoms with Gasteiger partial charge in [0.15, 0.2) is 5.78 Å². The molecule has 4 heteroatoms. The SMILES string of the molecule is CCCCCCCCCCCCCCCCC(=O)[C@H](C)NC(=O)OC(C)(C)C. The molecule has 4 nitrogen and oxygen atoms in total. The van der Waals surface area contributed by atoms with Crippen LogP contribution in [0.1, 0.15) is 131 Å². The molecule has 1 atom stereocenters. The Kier molecular flexibility index (Phi) is 16.2. The highest BCUT2D eigenvalue weighted by atomic mass is 16.6. The molecule has 0 fully saturated rings. The van der Waals surface area contributed by atoms with Gasteiger partial charge in [0.25, 0.3) is 0 Å². The summed E-state index contributed by atoms with van der Waals surface area (Å²) < 4.78 is 5.18. The fourth-order valence-electron chi connectivity index (χ4n) is 3.28. The first-order valence-electron chi connectivity index (χ1n) is 11.8. The van der Waals surface area contributed by atoms with Gasteiger partial charge in [-0.3, -0.25) is 4.79 Å². The molecule has 0 aromatic carbocycles. The first-order chi connectivity index (χ1) is 13.3. The highest BCUT2D eigenvalue weighted by Gasteiger charge is 2.20. The molecule has 0 saturated heterocycles. The lowest BCUT2D eigenvalue weighted by molar-refractivity contribution is -0.120. The zero-order valence-electron chi connectivity index (χ0n) is 19.4. The molecule has 0 aromatic heterocycles. The van der Waals surface area contributed by atoms with Crippen molar-refractivity contribution in [2.24, 2.45) is 0 Å². The summed E-state index contributed by atoms with van der Waals surface area (Å²) in [4.78, 5) is 23.8. The van der Waals surface area contributed by atoms with Crippen LogP contribution in [-0.2, 0) is 9.53 Å². The monoisotopic (exact) mass is 397 g/mol. The molecule has 0 unspecified atom stereocenters. The number of unbranched alkanes of at least 4 members (excludes halogenated alkanes) is 13. The third kappa shape index (κ3) is 18.3. The zero-order chi connectivity index (χ0) is 21.3. The van der Waals surface area contributed by atoms with Gasteiger partial charge < -0.3 is 10.1 Å². The number of amides is 1. The average Bonchev–Trinajstić information content (AvgIpc) is 2.60. The lowest BCUT2D eigenvalue weighted by Crippen LogP contribution is -2.41. The molecule has 0 radical (unpaired) electrons. The number of Topliss-reactive ketones (excluding diaryl/α,β-unsaturated/α-hetero) is 1. The van der Waals surface area contributed by atoms with E-state index < -0.39 is 17.7 Å². The number of ketones is 1. The Morgan fingerprint density at radius 2 is 1.14 bits per heavy atom. The maximum atomic E-state index is 12.1. The van der Waals surface area contributed by atoms with E-state index in [1.54, 1.807) is 6.92 Å². The summed E-state index contributed by atoms with van der Waals surface area (Å²) in [5.74, 6) is 0.0878. The summed E-state index contributed by atoms with van der Waals surface area (Å²) in [7, 11) is 0. The van der Waals surface area contributed by atoms with Crippen LogP contribution in [0, 0.1) is 0 Å². The van der Waals surface area contributed by atoms with E-state index in [0.717, 1.165) is 12.8 Å². The van der Waals surface area contributed by atoms with Gasteiger partial charge in [-0.25, -0.2) is 4.79 Å². The van der Waals surface area contributed by atoms with Crippen molar-refractivity contribution >= 4 is 11.9 Å². The number of nitrogens with one attached hydrogen (secondary N) is 1. The van der Waals surface area contributed by atoms with Crippen LogP contribution >= 0.6 is 0 Å². The van der Waals surface area contributed by atoms with Gasteiger partial charge in [-0.05, 0) is 34.1 Å². The summed E-state index contributed by atoms with van der Waals surface area (Å²) in [6.07, 6.45) is 18.3. The second-order valence-corrected chi connectivity index (χ2v) is 9.18. The Bertz CT molecular complexity index is 401. The number of hydrogen-bond donors (Lipinski definition) is 1. The molecule has 0 aromatic rings. The molecule has 28 heavy (non-hydrogen) atoms. The summed E-state index contributed by atoms with van der Waals surface area (Å²) in [6.45, 7) is 9.44. The molecule has 0 rings (SSSR count). The van der Waals surface area contributed by atoms with Crippen molar-refractivity contribution < 1.29 is 14.3 Å². The van der Waals surface area contributed by atoms with Crippen molar-refractivity contribution in [1.82, 2.24) is 5.32 Å². The minimum Gasteiger partial charge on any atom is -0.444 e. The smallest absolute Gasteiger partial charge is 0.408 e. The largest absolute Gasteiger partial charge is 0.444 e. The molecule has 1 N–H and O–H groups in total. The third-order valence-corrected chi connectivity index (χ3v) is 4.99. The normalized spacial score (nSPS) is 12.6. The van der Waals surface area contributed by atoms with Crippen molar-refractivity contribution in [2.75, 3.05) is 0 Å². The molecule has 0 bridgehead atoms. The van der Waals surface area contributed by atoms with Crippen LogP contribution in [0.2, 0.25) is 0 Å². The third-order valence-electron chi connectivity index (χ3n) is 4.99. The van der Waals surface area contributed by atoms with Crippen LogP contribution in [0.3, 0.4) is 0 Å². The molecule has 1 amide bonds. The summed E-state index contributed by atoms with van der Waals surface area (Å²) >= 11 is 0. The van der Waals surface area contributed by atoms with E-state index in [9.17, 15) is 9.59 Å². The Labute approximate surface area is 174 Å². The molecule has 0 spiro atoms. The van der Waals surface area contributed by atoms with E-state index in [1.807, 2.05) is 20.8 Å². The molecular weight excluding hydrogens is 350 g/mol. The Hall–Kier alpha value is -1.06. The van der Waals surface area contributed by atoms with Crippen molar-refractivity contribution in [3.8, 4) is 0 Å². The van der Waals surface area contributed by atoms with Gasteiger partial charge in [0.05, 0.1) is 6.04 Å². The number of rotatable bonds is 17. The standard InChI is InChI=1S/C24H47NO3/c1-6-7-8-9-10-11-12-13-14-15-16-17-18-19-20-22(26)21(2)25-23(27)28-24(3,4)5/h21H,6-20H2,1-5H3,(H,25,27)/t21-/m0/s1. The molecule has 166 valence electrons. The Balaban J connectivity index is 3.46. The van der Waals surface area contributed by atoms with Gasteiger partial charge >= 0.3 is 6.09 Å². The van der Waals surface area contributed by atoms with E-state index in [1.165, 1.54) is 77.0 Å². The number of alkyl carbamates (subject to hydrolysis) is 1. The van der Waals surface area contributed by atoms with Gasteiger partial charge in [-0.15, -0.1) is 0 Å². The number of hydrogen-bond acceptors (Lipinski definition) is 3. The summed E-state index contributed by atoms with van der Waals surface area (Å²) in [5, 5.41) is 2.63. The minimum atomic E-state index is -0.540. The first-order valence-corrected chi connectivity index (χ1v) is 11.8. The Morgan fingerprint density at radius 1 is 0.750 bits per heavy atom. The maximum absolute atomic E-state index is 12.1. The summed E-state index contributed by atoms with van der Waals surface area (Å²) in [5.41, 5.74) is -0.540. The quantitative estimate of drug-likeness (QED) is 0.261. The molecular formula is C24H47NO3. The average molecular weight is 398 g/mol. The predicted molar refractivity (Wildman–Crippen MR) is 119 cm³/mol. The van der Waals surface area contributed by atoms with Gasteiger partial charge in [0.2, 0.25) is 0 Å². The second-order valence-electron chi connectivity index (χ2n) is 9.18. The van der Waals surface area contributed by atoms with Crippen molar-refractivity contribution in [3.05, 3.63) is 0 Å². The Morgan fingerprint density at radius 3 is 1.54 bits per heavy atom. The molecule has 0 aliphatic rings. The highest BCUT2D eigenvalue weighted by molar-refractivity contribution is 5.86. The van der Waals surface area contributed by atoms with Crippen LogP contribution in [-0.4, -0.2) is 23.5 Å². The van der Waals surface area contributed by atoms with Gasteiger partial charge in [-0.1, -0.05) is 90.4 Å². The lowest BCUT2D eigenvalue weighted by Gasteiger charge is -2.21. The predicted octanol–water partition coefficient (Wildman–Crippen LogP) is 7.34. The lowest BCUT2D eigenvalue weighted by atomic mass is 10.0. The van der Waals surface area contributed by atoms with Crippen LogP contribution in [0.4, 0.5) is 4.79 Å². The molecule has 0 aliphatic heterocycles. The van der Waals surface area contributed by atoms with E-state index in [4.69, 9.17) is 4.74 Å². The van der Waals surface area contributed by atoms with Gasteiger partial charge in [0, 0.05) is 6.42 Å². The van der Waals surface area contributed by atoms with Gasteiger partial charge in [-0.2, -0.15) is 0 Å². The highest BCUT2D eigenvalue weighted by Crippen LogP contribution is 2.14. The topological polar surface area (TPSA) is 55.4 Å². The number of carbonyl (C=O) groups excluding carboxylic acids is 2. The van der Waals surface area contributed by atoms with Crippen LogP contribution in [0.15, 0.2) is 0 Å². The van der Waals surface area contributed by atoms with E-state index >= 15 is 0 Å². The maximum Gasteiger partial charge on any atom is 0.408 e. The number of carbonyl (C=O) groups is 2. The van der Waals surface area contributed by atoms with Crippen LogP contribution in [0.5, 0.6) is 0 Å². The van der Waals surface area contributed by atoms with E-state index in [0.29, 0.717) is 6.42 Å². The van der Waals surface area contributed by atoms with Crippen LogP contribution in [0.25, 0.3) is 0 Å². The molecule has 0 saturated carbocycles.